The molecule has 0 N–H and O–H groups in total. The summed E-state index contributed by atoms with van der Waals surface area (Å²) >= 11 is 3.83. The Morgan fingerprint density at radius 3 is 2.43 bits per heavy atom. The quantitative estimate of drug-likeness (QED) is 0.655. The van der Waals surface area contributed by atoms with Crippen molar-refractivity contribution in [3.63, 3.8) is 0 Å². The third kappa shape index (κ3) is 4.69. The number of methoxy groups -OCH3 is 1. The molecule has 0 aliphatic carbocycles. The summed E-state index contributed by atoms with van der Waals surface area (Å²) in [5.41, 5.74) is 6.76. The van der Waals surface area contributed by atoms with Gasteiger partial charge in [-0.1, -0.05) is 64.0 Å². The molecule has 0 aliphatic heterocycles. The van der Waals surface area contributed by atoms with E-state index in [2.05, 4.69) is 72.2 Å². The smallest absolute Gasteiger partial charge is 0.0502 e. The zero-order chi connectivity index (χ0) is 15.2. The molecule has 0 aliphatic rings. The molecule has 0 bridgehead atoms. The van der Waals surface area contributed by atoms with Crippen molar-refractivity contribution in [3.8, 4) is 0 Å². The molecule has 2 rings (SSSR count). The number of hydrogen-bond acceptors (Lipinski definition) is 1. The molecule has 0 fully saturated rings. The number of ether oxygens (including phenoxy) is 1. The Labute approximate surface area is 136 Å². The summed E-state index contributed by atoms with van der Waals surface area (Å²) in [5, 5.41) is 0. The first kappa shape index (κ1) is 16.3. The third-order valence-corrected chi connectivity index (χ3v) is 4.69. The Morgan fingerprint density at radius 2 is 1.76 bits per heavy atom. The van der Waals surface area contributed by atoms with Crippen LogP contribution in [0.1, 0.15) is 32.6 Å². The molecule has 2 heteroatoms. The summed E-state index contributed by atoms with van der Waals surface area (Å²) in [7, 11) is 1.74. The second-order valence-electron chi connectivity index (χ2n) is 5.59. The van der Waals surface area contributed by atoms with Gasteiger partial charge in [0.2, 0.25) is 0 Å². The highest BCUT2D eigenvalue weighted by Gasteiger charge is 2.10. The van der Waals surface area contributed by atoms with Gasteiger partial charge in [0, 0.05) is 11.9 Å². The molecule has 1 unspecified atom stereocenters. The van der Waals surface area contributed by atoms with E-state index in [0.29, 0.717) is 4.83 Å². The van der Waals surface area contributed by atoms with Crippen molar-refractivity contribution < 1.29 is 4.74 Å². The molecule has 0 aromatic heterocycles. The second kappa shape index (κ2) is 7.77. The van der Waals surface area contributed by atoms with Crippen LogP contribution in [0.25, 0.3) is 0 Å². The van der Waals surface area contributed by atoms with E-state index in [1.807, 2.05) is 0 Å². The first-order chi connectivity index (χ1) is 10.1. The highest BCUT2D eigenvalue weighted by Crippen LogP contribution is 2.28. The molecule has 2 aromatic rings. The normalized spacial score (nSPS) is 12.4. The lowest BCUT2D eigenvalue weighted by atomic mass is 9.98. The molecule has 1 atom stereocenters. The first-order valence-corrected chi connectivity index (χ1v) is 8.29. The maximum Gasteiger partial charge on any atom is 0.0502 e. The van der Waals surface area contributed by atoms with Crippen molar-refractivity contribution in [1.82, 2.24) is 0 Å². The van der Waals surface area contributed by atoms with Gasteiger partial charge in [0.15, 0.2) is 0 Å². The van der Waals surface area contributed by atoms with E-state index in [1.165, 1.54) is 27.8 Å². The van der Waals surface area contributed by atoms with Crippen molar-refractivity contribution in [1.29, 1.82) is 0 Å². The van der Waals surface area contributed by atoms with Crippen LogP contribution in [0.5, 0.6) is 0 Å². The standard InChI is InChI=1S/C19H23BrO/c1-14-4-5-15(2)18(12-14)13-19(20)17-8-6-16(7-9-17)10-11-21-3/h4-9,12,19H,10-11,13H2,1-3H3. The number of hydrogen-bond donors (Lipinski definition) is 0. The lowest BCUT2D eigenvalue weighted by molar-refractivity contribution is 0.202. The molecule has 112 valence electrons. The zero-order valence-electron chi connectivity index (χ0n) is 13.0. The maximum absolute atomic E-state index is 5.12. The Balaban J connectivity index is 2.05. The van der Waals surface area contributed by atoms with Gasteiger partial charge in [-0.2, -0.15) is 0 Å². The van der Waals surface area contributed by atoms with Crippen molar-refractivity contribution in [2.45, 2.75) is 31.5 Å². The average Bonchev–Trinajstić information content (AvgIpc) is 2.49. The van der Waals surface area contributed by atoms with Crippen molar-refractivity contribution in [2.75, 3.05) is 13.7 Å². The number of alkyl halides is 1. The van der Waals surface area contributed by atoms with Gasteiger partial charge >= 0.3 is 0 Å². The largest absolute Gasteiger partial charge is 0.384 e. The Hall–Kier alpha value is -1.12. The minimum Gasteiger partial charge on any atom is -0.384 e. The zero-order valence-corrected chi connectivity index (χ0v) is 14.6. The topological polar surface area (TPSA) is 9.23 Å². The molecule has 0 saturated heterocycles. The van der Waals surface area contributed by atoms with Gasteiger partial charge in [0.1, 0.15) is 0 Å². The fourth-order valence-corrected chi connectivity index (χ4v) is 3.10. The second-order valence-corrected chi connectivity index (χ2v) is 6.69. The molecule has 0 radical (unpaired) electrons. The summed E-state index contributed by atoms with van der Waals surface area (Å²) in [6, 6.07) is 15.5. The van der Waals surface area contributed by atoms with Crippen LogP contribution in [0.2, 0.25) is 0 Å². The van der Waals surface area contributed by atoms with Gasteiger partial charge in [-0.15, -0.1) is 0 Å². The fourth-order valence-electron chi connectivity index (χ4n) is 2.44. The summed E-state index contributed by atoms with van der Waals surface area (Å²) in [6.45, 7) is 5.11. The highest BCUT2D eigenvalue weighted by atomic mass is 79.9. The third-order valence-electron chi connectivity index (χ3n) is 3.84. The monoisotopic (exact) mass is 346 g/mol. The molecule has 0 saturated carbocycles. The van der Waals surface area contributed by atoms with E-state index in [-0.39, 0.29) is 0 Å². The van der Waals surface area contributed by atoms with Crippen LogP contribution in [0.3, 0.4) is 0 Å². The van der Waals surface area contributed by atoms with Gasteiger partial charge < -0.3 is 4.74 Å². The van der Waals surface area contributed by atoms with Crippen LogP contribution in [0.4, 0.5) is 0 Å². The van der Waals surface area contributed by atoms with Crippen LogP contribution >= 0.6 is 15.9 Å². The Kier molecular flexibility index (Phi) is 6.01. The minimum atomic E-state index is 0.356. The molecule has 0 spiro atoms. The first-order valence-electron chi connectivity index (χ1n) is 7.38. The van der Waals surface area contributed by atoms with Crippen LogP contribution in [-0.2, 0) is 17.6 Å². The van der Waals surface area contributed by atoms with Gasteiger partial charge in [-0.3, -0.25) is 0 Å². The summed E-state index contributed by atoms with van der Waals surface area (Å²) in [4.78, 5) is 0.356. The van der Waals surface area contributed by atoms with E-state index in [9.17, 15) is 0 Å². The van der Waals surface area contributed by atoms with Gasteiger partial charge in [0.05, 0.1) is 6.61 Å². The molecule has 2 aromatic carbocycles. The molecular formula is C19H23BrO. The number of benzene rings is 2. The molecule has 0 amide bonds. The van der Waals surface area contributed by atoms with Gasteiger partial charge in [-0.25, -0.2) is 0 Å². The predicted molar refractivity (Wildman–Crippen MR) is 93.3 cm³/mol. The minimum absolute atomic E-state index is 0.356. The van der Waals surface area contributed by atoms with Crippen LogP contribution in [0.15, 0.2) is 42.5 Å². The van der Waals surface area contributed by atoms with E-state index < -0.39 is 0 Å². The maximum atomic E-state index is 5.12. The lowest BCUT2D eigenvalue weighted by Crippen LogP contribution is -1.99. The van der Waals surface area contributed by atoms with Crippen molar-refractivity contribution >= 4 is 15.9 Å². The molecule has 21 heavy (non-hydrogen) atoms. The number of halogens is 1. The Bertz CT molecular complexity index is 575. The lowest BCUT2D eigenvalue weighted by Gasteiger charge is -2.14. The Morgan fingerprint density at radius 1 is 1.05 bits per heavy atom. The van der Waals surface area contributed by atoms with Crippen LogP contribution < -0.4 is 0 Å². The van der Waals surface area contributed by atoms with E-state index in [1.54, 1.807) is 7.11 Å². The summed E-state index contributed by atoms with van der Waals surface area (Å²) < 4.78 is 5.12. The van der Waals surface area contributed by atoms with Gasteiger partial charge in [-0.05, 0) is 48.9 Å². The highest BCUT2D eigenvalue weighted by molar-refractivity contribution is 9.09. The summed E-state index contributed by atoms with van der Waals surface area (Å²) in [6.07, 6.45) is 1.99. The van der Waals surface area contributed by atoms with Crippen LogP contribution in [0, 0.1) is 13.8 Å². The van der Waals surface area contributed by atoms with E-state index in [0.717, 1.165) is 19.4 Å². The number of aryl methyl sites for hydroxylation is 2. The molecule has 1 nitrogen and oxygen atoms in total. The van der Waals surface area contributed by atoms with E-state index in [4.69, 9.17) is 4.74 Å². The predicted octanol–water partition coefficient (Wildman–Crippen LogP) is 5.17. The van der Waals surface area contributed by atoms with Gasteiger partial charge in [0.25, 0.3) is 0 Å². The number of rotatable bonds is 6. The molecule has 0 heterocycles. The summed E-state index contributed by atoms with van der Waals surface area (Å²) in [5.74, 6) is 0. The van der Waals surface area contributed by atoms with E-state index >= 15 is 0 Å². The fraction of sp³-hybridized carbons (Fsp3) is 0.368. The average molecular weight is 347 g/mol. The van der Waals surface area contributed by atoms with Crippen molar-refractivity contribution in [2.24, 2.45) is 0 Å². The SMILES string of the molecule is COCCc1ccc(C(Br)Cc2cc(C)ccc2C)cc1. The van der Waals surface area contributed by atoms with Crippen LogP contribution in [-0.4, -0.2) is 13.7 Å². The molecular weight excluding hydrogens is 324 g/mol. The van der Waals surface area contributed by atoms with Crippen molar-refractivity contribution in [3.05, 3.63) is 70.3 Å².